The summed E-state index contributed by atoms with van der Waals surface area (Å²) in [6.45, 7) is 0. The number of pyridine rings is 1. The summed E-state index contributed by atoms with van der Waals surface area (Å²) in [6.07, 6.45) is 1.98. The molecule has 0 atom stereocenters. The fourth-order valence-corrected chi connectivity index (χ4v) is 1.38. The van der Waals surface area contributed by atoms with Gasteiger partial charge in [0.25, 0.3) is 0 Å². The summed E-state index contributed by atoms with van der Waals surface area (Å²) >= 11 is 3.38. The Morgan fingerprint density at radius 2 is 2.18 bits per heavy atom. The number of nitrogens with zero attached hydrogens (tertiary/aromatic N) is 1. The van der Waals surface area contributed by atoms with Gasteiger partial charge < -0.3 is 0 Å². The predicted octanol–water partition coefficient (Wildman–Crippen LogP) is 3.00. The lowest BCUT2D eigenvalue weighted by Gasteiger charge is -1.95. The molecule has 0 amide bonds. The van der Waals surface area contributed by atoms with Crippen molar-refractivity contribution in [1.29, 1.82) is 0 Å². The van der Waals surface area contributed by atoms with Crippen LogP contribution in [0.3, 0.4) is 0 Å². The van der Waals surface area contributed by atoms with Gasteiger partial charge in [-0.2, -0.15) is 0 Å². The Hall–Kier alpha value is -0.890. The first-order valence-corrected chi connectivity index (χ1v) is 4.07. The average molecular weight is 209 g/mol. The van der Waals surface area contributed by atoms with Crippen LogP contribution in [0.4, 0.5) is 0 Å². The third-order valence-corrected chi connectivity index (χ3v) is 2.02. The molecule has 0 aliphatic carbocycles. The zero-order chi connectivity index (χ0) is 8.55. The summed E-state index contributed by atoms with van der Waals surface area (Å²) < 4.78 is 8.54. The fraction of sp³-hybridized carbons (Fsp3) is 0. The fourth-order valence-electron chi connectivity index (χ4n) is 0.998. The maximum absolute atomic E-state index is 7.51. The largest absolute Gasteiger partial charge is 0.264 e. The van der Waals surface area contributed by atoms with E-state index in [1.54, 1.807) is 6.20 Å². The van der Waals surface area contributed by atoms with Gasteiger partial charge in [0.2, 0.25) is 0 Å². The lowest BCUT2D eigenvalue weighted by atomic mass is 10.2. The quantitative estimate of drug-likeness (QED) is 0.649. The molecule has 0 unspecified atom stereocenters. The van der Waals surface area contributed by atoms with Crippen molar-refractivity contribution < 1.29 is 1.37 Å². The van der Waals surface area contributed by atoms with Gasteiger partial charge in [-0.15, -0.1) is 0 Å². The van der Waals surface area contributed by atoms with Crippen LogP contribution >= 0.6 is 15.9 Å². The molecule has 2 rings (SSSR count). The normalized spacial score (nSPS) is 11.5. The van der Waals surface area contributed by atoms with E-state index in [2.05, 4.69) is 20.9 Å². The van der Waals surface area contributed by atoms with Crippen LogP contribution in [0, 0.1) is 0 Å². The third kappa shape index (κ3) is 1.26. The van der Waals surface area contributed by atoms with Crippen LogP contribution < -0.4 is 0 Å². The number of rotatable bonds is 0. The van der Waals surface area contributed by atoms with Crippen molar-refractivity contribution in [2.45, 2.75) is 0 Å². The molecule has 0 fully saturated rings. The highest BCUT2D eigenvalue weighted by atomic mass is 79.9. The summed E-state index contributed by atoms with van der Waals surface area (Å²) in [5, 5.41) is 1.94. The molecular weight excluding hydrogens is 202 g/mol. The zero-order valence-electron chi connectivity index (χ0n) is 6.71. The zero-order valence-corrected chi connectivity index (χ0v) is 7.30. The highest BCUT2D eigenvalue weighted by Gasteiger charge is 1.91. The number of aromatic nitrogens is 1. The molecule has 2 heteroatoms. The molecule has 2 aromatic rings. The van der Waals surface area contributed by atoms with Crippen LogP contribution in [0.5, 0.6) is 0 Å². The highest BCUT2D eigenvalue weighted by Crippen LogP contribution is 2.17. The van der Waals surface area contributed by atoms with Gasteiger partial charge in [-0.1, -0.05) is 22.0 Å². The van der Waals surface area contributed by atoms with Crippen molar-refractivity contribution in [3.05, 3.63) is 41.1 Å². The molecule has 0 radical (unpaired) electrons. The van der Waals surface area contributed by atoms with Crippen molar-refractivity contribution in [3.8, 4) is 0 Å². The molecule has 1 nitrogen and oxygen atoms in total. The maximum atomic E-state index is 7.51. The van der Waals surface area contributed by atoms with Crippen LogP contribution in [0.15, 0.2) is 41.1 Å². The molecule has 0 aliphatic rings. The van der Waals surface area contributed by atoms with Crippen molar-refractivity contribution in [1.82, 2.24) is 4.98 Å². The van der Waals surface area contributed by atoms with Gasteiger partial charge in [-0.3, -0.25) is 4.98 Å². The second kappa shape index (κ2) is 2.62. The molecule has 11 heavy (non-hydrogen) atoms. The molecule has 1 aromatic carbocycles. The Morgan fingerprint density at radius 3 is 3.09 bits per heavy atom. The Balaban J connectivity index is 2.86. The first kappa shape index (κ1) is 5.72. The molecular formula is C9H6BrN. The smallest absolute Gasteiger partial charge is 0.0847 e. The van der Waals surface area contributed by atoms with Crippen LogP contribution in [-0.2, 0) is 0 Å². The maximum Gasteiger partial charge on any atom is 0.0847 e. The molecule has 1 heterocycles. The van der Waals surface area contributed by atoms with Crippen molar-refractivity contribution in [3.63, 3.8) is 0 Å². The Kier molecular flexibility index (Phi) is 1.37. The minimum atomic E-state index is 0.333. The summed E-state index contributed by atoms with van der Waals surface area (Å²) in [7, 11) is 0. The summed E-state index contributed by atoms with van der Waals surface area (Å²) in [6, 6.07) is 7.70. The Labute approximate surface area is 74.6 Å². The SMILES string of the molecule is [2H]c1nccc2cc(Br)ccc12. The van der Waals surface area contributed by atoms with Gasteiger partial charge in [-0.25, -0.2) is 0 Å². The number of fused-ring (bicyclic) bond motifs is 1. The van der Waals surface area contributed by atoms with Gasteiger partial charge in [0.1, 0.15) is 0 Å². The minimum Gasteiger partial charge on any atom is -0.264 e. The van der Waals surface area contributed by atoms with E-state index in [9.17, 15) is 0 Å². The molecule has 0 N–H and O–H groups in total. The summed E-state index contributed by atoms with van der Waals surface area (Å²) in [5.41, 5.74) is 0. The molecule has 0 aliphatic heterocycles. The molecule has 0 saturated heterocycles. The van der Waals surface area contributed by atoms with E-state index in [-0.39, 0.29) is 0 Å². The van der Waals surface area contributed by atoms with E-state index in [1.807, 2.05) is 24.3 Å². The molecule has 0 saturated carbocycles. The highest BCUT2D eigenvalue weighted by molar-refractivity contribution is 9.10. The number of hydrogen-bond donors (Lipinski definition) is 0. The minimum absolute atomic E-state index is 0.333. The third-order valence-electron chi connectivity index (χ3n) is 1.53. The average Bonchev–Trinajstić information content (AvgIpc) is 2.04. The van der Waals surface area contributed by atoms with Crippen molar-refractivity contribution in [2.75, 3.05) is 0 Å². The van der Waals surface area contributed by atoms with Crippen LogP contribution in [-0.4, -0.2) is 4.98 Å². The van der Waals surface area contributed by atoms with Gasteiger partial charge in [-0.05, 0) is 23.6 Å². The number of halogens is 1. The van der Waals surface area contributed by atoms with Crippen LogP contribution in [0.25, 0.3) is 10.8 Å². The monoisotopic (exact) mass is 208 g/mol. The molecule has 1 aromatic heterocycles. The molecule has 54 valence electrons. The van der Waals surface area contributed by atoms with E-state index < -0.39 is 0 Å². The van der Waals surface area contributed by atoms with Gasteiger partial charge in [0, 0.05) is 22.2 Å². The van der Waals surface area contributed by atoms with E-state index in [4.69, 9.17) is 1.37 Å². The molecule has 0 spiro atoms. The first-order chi connectivity index (χ1) is 5.77. The van der Waals surface area contributed by atoms with Gasteiger partial charge >= 0.3 is 0 Å². The predicted molar refractivity (Wildman–Crippen MR) is 49.4 cm³/mol. The van der Waals surface area contributed by atoms with Gasteiger partial charge in [0.05, 0.1) is 1.37 Å². The Morgan fingerprint density at radius 1 is 1.27 bits per heavy atom. The van der Waals surface area contributed by atoms with Gasteiger partial charge in [0.15, 0.2) is 0 Å². The lowest BCUT2D eigenvalue weighted by molar-refractivity contribution is 1.36. The standard InChI is InChI=1S/C9H6BrN/c10-9-2-1-8-6-11-4-3-7(8)5-9/h1-6H/i6D. The molecule has 0 bridgehead atoms. The van der Waals surface area contributed by atoms with Crippen molar-refractivity contribution >= 4 is 26.7 Å². The van der Waals surface area contributed by atoms with Crippen molar-refractivity contribution in [2.24, 2.45) is 0 Å². The number of hydrogen-bond acceptors (Lipinski definition) is 1. The Bertz CT molecular complexity index is 428. The number of benzene rings is 1. The van der Waals surface area contributed by atoms with E-state index in [0.717, 1.165) is 15.2 Å². The van der Waals surface area contributed by atoms with E-state index in [1.165, 1.54) is 0 Å². The second-order valence-corrected chi connectivity index (χ2v) is 3.20. The summed E-state index contributed by atoms with van der Waals surface area (Å²) in [4.78, 5) is 3.89. The topological polar surface area (TPSA) is 12.9 Å². The van der Waals surface area contributed by atoms with E-state index >= 15 is 0 Å². The first-order valence-electron chi connectivity index (χ1n) is 3.78. The second-order valence-electron chi connectivity index (χ2n) is 2.29. The van der Waals surface area contributed by atoms with Crippen LogP contribution in [0.2, 0.25) is 0 Å². The van der Waals surface area contributed by atoms with E-state index in [0.29, 0.717) is 6.17 Å². The summed E-state index contributed by atoms with van der Waals surface area (Å²) in [5.74, 6) is 0. The lowest BCUT2D eigenvalue weighted by Crippen LogP contribution is -1.73. The van der Waals surface area contributed by atoms with Crippen LogP contribution in [0.1, 0.15) is 1.37 Å².